The Morgan fingerprint density at radius 3 is 2.00 bits per heavy atom. The maximum atomic E-state index is 12.1. The SMILES string of the molecule is CCCNC(=O)C(C)(C)C(=O)N(CC)CC. The van der Waals surface area contributed by atoms with Crippen LogP contribution in [0.2, 0.25) is 0 Å². The molecule has 0 aromatic rings. The van der Waals surface area contributed by atoms with Crippen LogP contribution in [-0.4, -0.2) is 36.3 Å². The van der Waals surface area contributed by atoms with Crippen LogP contribution >= 0.6 is 0 Å². The van der Waals surface area contributed by atoms with Crippen molar-refractivity contribution in [2.75, 3.05) is 19.6 Å². The van der Waals surface area contributed by atoms with E-state index >= 15 is 0 Å². The van der Waals surface area contributed by atoms with Gasteiger partial charge in [-0.15, -0.1) is 0 Å². The lowest BCUT2D eigenvalue weighted by Crippen LogP contribution is -2.49. The molecule has 0 aromatic heterocycles. The number of hydrogen-bond donors (Lipinski definition) is 1. The molecule has 0 aliphatic carbocycles. The zero-order valence-corrected chi connectivity index (χ0v) is 11.1. The van der Waals surface area contributed by atoms with Crippen molar-refractivity contribution < 1.29 is 9.59 Å². The van der Waals surface area contributed by atoms with Crippen molar-refractivity contribution in [3.05, 3.63) is 0 Å². The molecule has 4 nitrogen and oxygen atoms in total. The summed E-state index contributed by atoms with van der Waals surface area (Å²) in [5.74, 6) is -0.294. The number of amides is 2. The molecule has 0 aromatic carbocycles. The summed E-state index contributed by atoms with van der Waals surface area (Å²) in [7, 11) is 0. The molecule has 0 bridgehead atoms. The first-order valence-electron chi connectivity index (χ1n) is 5.99. The zero-order valence-electron chi connectivity index (χ0n) is 11.1. The van der Waals surface area contributed by atoms with E-state index in [0.29, 0.717) is 19.6 Å². The number of nitrogens with zero attached hydrogens (tertiary/aromatic N) is 1. The van der Waals surface area contributed by atoms with Crippen LogP contribution in [0.3, 0.4) is 0 Å². The minimum atomic E-state index is -0.971. The first-order chi connectivity index (χ1) is 7.41. The van der Waals surface area contributed by atoms with Gasteiger partial charge in [0.05, 0.1) is 0 Å². The Morgan fingerprint density at radius 1 is 1.12 bits per heavy atom. The molecule has 0 aliphatic rings. The van der Waals surface area contributed by atoms with E-state index in [1.807, 2.05) is 20.8 Å². The van der Waals surface area contributed by atoms with Gasteiger partial charge in [0.25, 0.3) is 0 Å². The van der Waals surface area contributed by atoms with Gasteiger partial charge in [-0.05, 0) is 34.1 Å². The van der Waals surface area contributed by atoms with E-state index in [2.05, 4.69) is 5.32 Å². The van der Waals surface area contributed by atoms with E-state index in [0.717, 1.165) is 6.42 Å². The van der Waals surface area contributed by atoms with Gasteiger partial charge in [0.1, 0.15) is 5.41 Å². The lowest BCUT2D eigenvalue weighted by molar-refractivity contribution is -0.148. The van der Waals surface area contributed by atoms with E-state index in [1.54, 1.807) is 18.7 Å². The third-order valence-electron chi connectivity index (χ3n) is 2.69. The van der Waals surface area contributed by atoms with Crippen molar-refractivity contribution in [2.24, 2.45) is 5.41 Å². The fraction of sp³-hybridized carbons (Fsp3) is 0.833. The third kappa shape index (κ3) is 3.51. The van der Waals surface area contributed by atoms with E-state index in [4.69, 9.17) is 0 Å². The van der Waals surface area contributed by atoms with E-state index in [9.17, 15) is 9.59 Å². The van der Waals surface area contributed by atoms with E-state index in [-0.39, 0.29) is 11.8 Å². The van der Waals surface area contributed by atoms with Gasteiger partial charge in [-0.25, -0.2) is 0 Å². The smallest absolute Gasteiger partial charge is 0.237 e. The zero-order chi connectivity index (χ0) is 12.8. The molecule has 0 fully saturated rings. The summed E-state index contributed by atoms with van der Waals surface area (Å²) in [6.45, 7) is 11.1. The quantitative estimate of drug-likeness (QED) is 0.699. The fourth-order valence-corrected chi connectivity index (χ4v) is 1.46. The highest BCUT2D eigenvalue weighted by molar-refractivity contribution is 6.04. The van der Waals surface area contributed by atoms with Crippen molar-refractivity contribution >= 4 is 11.8 Å². The molecule has 4 heteroatoms. The van der Waals surface area contributed by atoms with Crippen LogP contribution in [0.25, 0.3) is 0 Å². The molecule has 16 heavy (non-hydrogen) atoms. The van der Waals surface area contributed by atoms with Crippen molar-refractivity contribution in [3.8, 4) is 0 Å². The minimum absolute atomic E-state index is 0.105. The monoisotopic (exact) mass is 228 g/mol. The van der Waals surface area contributed by atoms with Gasteiger partial charge in [-0.1, -0.05) is 6.92 Å². The Kier molecular flexibility index (Phi) is 6.08. The lowest BCUT2D eigenvalue weighted by Gasteiger charge is -2.29. The molecular formula is C12H24N2O2. The second kappa shape index (κ2) is 6.51. The van der Waals surface area contributed by atoms with Crippen LogP contribution in [0.5, 0.6) is 0 Å². The molecule has 0 heterocycles. The summed E-state index contributed by atoms with van der Waals surface area (Å²) >= 11 is 0. The molecule has 0 atom stereocenters. The average molecular weight is 228 g/mol. The maximum Gasteiger partial charge on any atom is 0.237 e. The third-order valence-corrected chi connectivity index (χ3v) is 2.69. The minimum Gasteiger partial charge on any atom is -0.355 e. The summed E-state index contributed by atoms with van der Waals surface area (Å²) in [6, 6.07) is 0. The Labute approximate surface area is 98.4 Å². The number of carbonyl (C=O) groups is 2. The van der Waals surface area contributed by atoms with Crippen LogP contribution in [0.4, 0.5) is 0 Å². The highest BCUT2D eigenvalue weighted by Gasteiger charge is 2.37. The lowest BCUT2D eigenvalue weighted by atomic mass is 9.90. The molecule has 0 unspecified atom stereocenters. The van der Waals surface area contributed by atoms with Crippen LogP contribution in [-0.2, 0) is 9.59 Å². The number of hydrogen-bond acceptors (Lipinski definition) is 2. The predicted octanol–water partition coefficient (Wildman–Crippen LogP) is 1.41. The van der Waals surface area contributed by atoms with Gasteiger partial charge in [-0.3, -0.25) is 9.59 Å². The molecule has 2 amide bonds. The highest BCUT2D eigenvalue weighted by Crippen LogP contribution is 2.19. The van der Waals surface area contributed by atoms with Crippen molar-refractivity contribution in [2.45, 2.75) is 41.0 Å². The molecule has 0 aliphatic heterocycles. The molecular weight excluding hydrogens is 204 g/mol. The average Bonchev–Trinajstić information content (AvgIpc) is 2.27. The summed E-state index contributed by atoms with van der Waals surface area (Å²) in [4.78, 5) is 25.6. The molecule has 0 saturated heterocycles. The molecule has 0 saturated carbocycles. The summed E-state index contributed by atoms with van der Waals surface area (Å²) in [5, 5.41) is 2.77. The maximum absolute atomic E-state index is 12.1. The Morgan fingerprint density at radius 2 is 1.62 bits per heavy atom. The standard InChI is InChI=1S/C12H24N2O2/c1-6-9-13-10(15)12(4,5)11(16)14(7-2)8-3/h6-9H2,1-5H3,(H,13,15). The molecule has 94 valence electrons. The second-order valence-corrected chi connectivity index (χ2v) is 4.36. The van der Waals surface area contributed by atoms with Crippen molar-refractivity contribution in [1.82, 2.24) is 10.2 Å². The van der Waals surface area contributed by atoms with Gasteiger partial charge in [0.2, 0.25) is 11.8 Å². The summed E-state index contributed by atoms with van der Waals surface area (Å²) < 4.78 is 0. The first kappa shape index (κ1) is 14.9. The summed E-state index contributed by atoms with van der Waals surface area (Å²) in [5.41, 5.74) is -0.971. The summed E-state index contributed by atoms with van der Waals surface area (Å²) in [6.07, 6.45) is 0.876. The van der Waals surface area contributed by atoms with Gasteiger partial charge >= 0.3 is 0 Å². The Bertz CT molecular complexity index is 245. The van der Waals surface area contributed by atoms with Gasteiger partial charge in [-0.2, -0.15) is 0 Å². The van der Waals surface area contributed by atoms with Crippen LogP contribution < -0.4 is 5.32 Å². The molecule has 1 N–H and O–H groups in total. The van der Waals surface area contributed by atoms with E-state index < -0.39 is 5.41 Å². The Hall–Kier alpha value is -1.06. The van der Waals surface area contributed by atoms with Gasteiger partial charge in [0.15, 0.2) is 0 Å². The molecule has 0 rings (SSSR count). The normalized spacial score (nSPS) is 11.1. The van der Waals surface area contributed by atoms with Crippen LogP contribution in [0.15, 0.2) is 0 Å². The predicted molar refractivity (Wildman–Crippen MR) is 65.0 cm³/mol. The van der Waals surface area contributed by atoms with Crippen LogP contribution in [0, 0.1) is 5.41 Å². The first-order valence-corrected chi connectivity index (χ1v) is 5.99. The fourth-order valence-electron chi connectivity index (χ4n) is 1.46. The van der Waals surface area contributed by atoms with Crippen molar-refractivity contribution in [1.29, 1.82) is 0 Å². The van der Waals surface area contributed by atoms with Crippen LogP contribution in [0.1, 0.15) is 41.0 Å². The van der Waals surface area contributed by atoms with Gasteiger partial charge < -0.3 is 10.2 Å². The van der Waals surface area contributed by atoms with E-state index in [1.165, 1.54) is 0 Å². The van der Waals surface area contributed by atoms with Crippen molar-refractivity contribution in [3.63, 3.8) is 0 Å². The largest absolute Gasteiger partial charge is 0.355 e. The highest BCUT2D eigenvalue weighted by atomic mass is 16.2. The topological polar surface area (TPSA) is 49.4 Å². The van der Waals surface area contributed by atoms with Gasteiger partial charge in [0, 0.05) is 19.6 Å². The number of nitrogens with one attached hydrogen (secondary N) is 1. The molecule has 0 radical (unpaired) electrons. The second-order valence-electron chi connectivity index (χ2n) is 4.36. The number of rotatable bonds is 6. The number of carbonyl (C=O) groups excluding carboxylic acids is 2. The molecule has 0 spiro atoms. The Balaban J connectivity index is 4.62.